The Morgan fingerprint density at radius 1 is 1.28 bits per heavy atom. The van der Waals surface area contributed by atoms with Crippen LogP contribution in [0.3, 0.4) is 0 Å². The van der Waals surface area contributed by atoms with Crippen molar-refractivity contribution in [1.82, 2.24) is 9.78 Å². The van der Waals surface area contributed by atoms with Crippen LogP contribution in [0, 0.1) is 6.92 Å². The molecule has 0 spiro atoms. The van der Waals surface area contributed by atoms with Crippen molar-refractivity contribution in [2.24, 2.45) is 7.05 Å². The summed E-state index contributed by atoms with van der Waals surface area (Å²) in [5.41, 5.74) is 1.80. The molecule has 1 aliphatic rings. The highest BCUT2D eigenvalue weighted by Crippen LogP contribution is 2.35. The van der Waals surface area contributed by atoms with Crippen molar-refractivity contribution in [3.8, 4) is 0 Å². The van der Waals surface area contributed by atoms with Gasteiger partial charge in [0.1, 0.15) is 4.83 Å². The van der Waals surface area contributed by atoms with Gasteiger partial charge in [-0.2, -0.15) is 5.10 Å². The van der Waals surface area contributed by atoms with E-state index in [1.54, 1.807) is 0 Å². The smallest absolute Gasteiger partial charge is 0.265 e. The molecule has 0 atom stereocenters. The number of thioether (sulfide) groups is 1. The number of carbonyl (C=O) groups is 1. The van der Waals surface area contributed by atoms with Crippen molar-refractivity contribution in [2.45, 2.75) is 42.8 Å². The van der Waals surface area contributed by atoms with Crippen LogP contribution in [-0.4, -0.2) is 20.9 Å². The quantitative estimate of drug-likeness (QED) is 0.683. The fraction of sp³-hybridized carbons (Fsp3) is 0.368. The molecule has 2 aromatic heterocycles. The Labute approximate surface area is 155 Å². The standard InChI is InChI=1S/C19H21N3OS2/c1-12-16-11-17(25-19(16)22(2)21-12)18(23)20-13-7-9-15(10-8-13)24-14-5-3-4-6-14/h7-11,14H,3-6H2,1-2H3,(H,20,23). The molecule has 1 saturated carbocycles. The Hall–Kier alpha value is -1.79. The highest BCUT2D eigenvalue weighted by Gasteiger charge is 2.17. The molecule has 0 bridgehead atoms. The summed E-state index contributed by atoms with van der Waals surface area (Å²) in [6, 6.07) is 10.1. The van der Waals surface area contributed by atoms with Crippen molar-refractivity contribution < 1.29 is 4.79 Å². The molecule has 1 N–H and O–H groups in total. The van der Waals surface area contributed by atoms with E-state index in [1.807, 2.05) is 48.6 Å². The van der Waals surface area contributed by atoms with Gasteiger partial charge in [0.2, 0.25) is 0 Å². The van der Waals surface area contributed by atoms with Gasteiger partial charge >= 0.3 is 0 Å². The maximum Gasteiger partial charge on any atom is 0.265 e. The molecule has 0 aliphatic heterocycles. The van der Waals surface area contributed by atoms with E-state index < -0.39 is 0 Å². The third kappa shape index (κ3) is 3.46. The highest BCUT2D eigenvalue weighted by atomic mass is 32.2. The number of rotatable bonds is 4. The molecule has 0 saturated heterocycles. The predicted octanol–water partition coefficient (Wildman–Crippen LogP) is 5.23. The zero-order valence-corrected chi connectivity index (χ0v) is 16.0. The van der Waals surface area contributed by atoms with Crippen molar-refractivity contribution in [1.29, 1.82) is 0 Å². The summed E-state index contributed by atoms with van der Waals surface area (Å²) < 4.78 is 1.83. The first-order valence-corrected chi connectivity index (χ1v) is 10.3. The fourth-order valence-electron chi connectivity index (χ4n) is 3.33. The Bertz CT molecular complexity index is 870. The Morgan fingerprint density at radius 2 is 2.00 bits per heavy atom. The van der Waals surface area contributed by atoms with E-state index in [1.165, 1.54) is 41.9 Å². The number of nitrogens with zero attached hydrogens (tertiary/aromatic N) is 2. The fourth-order valence-corrected chi connectivity index (χ4v) is 5.59. The van der Waals surface area contributed by atoms with E-state index in [0.29, 0.717) is 0 Å². The number of hydrogen-bond donors (Lipinski definition) is 1. The number of aromatic nitrogens is 2. The first-order chi connectivity index (χ1) is 12.1. The third-order valence-corrected chi connectivity index (χ3v) is 7.19. The maximum absolute atomic E-state index is 12.5. The van der Waals surface area contributed by atoms with Gasteiger partial charge in [0.05, 0.1) is 10.6 Å². The summed E-state index contributed by atoms with van der Waals surface area (Å²) >= 11 is 3.44. The lowest BCUT2D eigenvalue weighted by atomic mass is 10.3. The van der Waals surface area contributed by atoms with Gasteiger partial charge in [-0.1, -0.05) is 12.8 Å². The zero-order valence-electron chi connectivity index (χ0n) is 14.4. The molecule has 3 aromatic rings. The number of carbonyl (C=O) groups excluding carboxylic acids is 1. The van der Waals surface area contributed by atoms with Gasteiger partial charge in [0.15, 0.2) is 0 Å². The van der Waals surface area contributed by atoms with E-state index >= 15 is 0 Å². The van der Waals surface area contributed by atoms with Gasteiger partial charge < -0.3 is 5.32 Å². The van der Waals surface area contributed by atoms with Gasteiger partial charge in [0.25, 0.3) is 5.91 Å². The van der Waals surface area contributed by atoms with Crippen LogP contribution < -0.4 is 5.32 Å². The van der Waals surface area contributed by atoms with E-state index in [4.69, 9.17) is 0 Å². The average Bonchev–Trinajstić information content (AvgIpc) is 3.30. The van der Waals surface area contributed by atoms with Crippen molar-refractivity contribution in [2.75, 3.05) is 5.32 Å². The van der Waals surface area contributed by atoms with Gasteiger partial charge in [-0.3, -0.25) is 9.48 Å². The van der Waals surface area contributed by atoms with Crippen LogP contribution in [0.1, 0.15) is 41.0 Å². The molecule has 6 heteroatoms. The van der Waals surface area contributed by atoms with Crippen LogP contribution in [0.25, 0.3) is 10.2 Å². The number of nitrogens with one attached hydrogen (secondary N) is 1. The molecule has 0 unspecified atom stereocenters. The van der Waals surface area contributed by atoms with Crippen LogP contribution >= 0.6 is 23.1 Å². The van der Waals surface area contributed by atoms with Gasteiger partial charge in [-0.15, -0.1) is 23.1 Å². The summed E-state index contributed by atoms with van der Waals surface area (Å²) in [5, 5.41) is 9.20. The highest BCUT2D eigenvalue weighted by molar-refractivity contribution is 8.00. The maximum atomic E-state index is 12.5. The summed E-state index contributed by atoms with van der Waals surface area (Å²) in [4.78, 5) is 15.6. The predicted molar refractivity (Wildman–Crippen MR) is 106 cm³/mol. The number of anilines is 1. The first kappa shape index (κ1) is 16.7. The van der Waals surface area contributed by atoms with Gasteiger partial charge in [0, 0.05) is 28.3 Å². The van der Waals surface area contributed by atoms with E-state index in [0.717, 1.165) is 31.7 Å². The zero-order chi connectivity index (χ0) is 17.4. The monoisotopic (exact) mass is 371 g/mol. The SMILES string of the molecule is Cc1nn(C)c2sc(C(=O)Nc3ccc(SC4CCCC4)cc3)cc12. The molecular formula is C19H21N3OS2. The second-order valence-electron chi connectivity index (χ2n) is 6.54. The minimum atomic E-state index is -0.0585. The van der Waals surface area contributed by atoms with E-state index in [9.17, 15) is 4.79 Å². The molecule has 0 radical (unpaired) electrons. The Morgan fingerprint density at radius 3 is 2.68 bits per heavy atom. The summed E-state index contributed by atoms with van der Waals surface area (Å²) in [5.74, 6) is -0.0585. The van der Waals surface area contributed by atoms with Crippen molar-refractivity contribution in [3.63, 3.8) is 0 Å². The summed E-state index contributed by atoms with van der Waals surface area (Å²) in [6.07, 6.45) is 5.36. The largest absolute Gasteiger partial charge is 0.321 e. The van der Waals surface area contributed by atoms with Gasteiger partial charge in [-0.05, 0) is 50.1 Å². The Kier molecular flexibility index (Phi) is 4.56. The molecule has 130 valence electrons. The van der Waals surface area contributed by atoms with E-state index in [2.05, 4.69) is 22.5 Å². The minimum absolute atomic E-state index is 0.0585. The lowest BCUT2D eigenvalue weighted by molar-refractivity contribution is 0.103. The molecule has 4 rings (SSSR count). The van der Waals surface area contributed by atoms with Crippen LogP contribution in [-0.2, 0) is 7.05 Å². The number of fused-ring (bicyclic) bond motifs is 1. The number of benzene rings is 1. The Balaban J connectivity index is 1.45. The normalized spacial score (nSPS) is 15.1. The minimum Gasteiger partial charge on any atom is -0.321 e. The van der Waals surface area contributed by atoms with Crippen LogP contribution in [0.15, 0.2) is 35.2 Å². The van der Waals surface area contributed by atoms with Crippen LogP contribution in [0.4, 0.5) is 5.69 Å². The second-order valence-corrected chi connectivity index (χ2v) is 8.95. The molecular weight excluding hydrogens is 350 g/mol. The number of hydrogen-bond acceptors (Lipinski definition) is 4. The molecule has 1 amide bonds. The molecule has 1 aromatic carbocycles. The number of amides is 1. The summed E-state index contributed by atoms with van der Waals surface area (Å²) in [6.45, 7) is 1.97. The van der Waals surface area contributed by atoms with Crippen LogP contribution in [0.5, 0.6) is 0 Å². The molecule has 2 heterocycles. The van der Waals surface area contributed by atoms with Crippen molar-refractivity contribution in [3.05, 3.63) is 40.9 Å². The topological polar surface area (TPSA) is 46.9 Å². The number of aryl methyl sites for hydroxylation is 2. The summed E-state index contributed by atoms with van der Waals surface area (Å²) in [7, 11) is 1.91. The van der Waals surface area contributed by atoms with Gasteiger partial charge in [-0.25, -0.2) is 0 Å². The second kappa shape index (κ2) is 6.84. The number of thiophene rings is 1. The molecule has 25 heavy (non-hydrogen) atoms. The average molecular weight is 372 g/mol. The van der Waals surface area contributed by atoms with Crippen LogP contribution in [0.2, 0.25) is 0 Å². The molecule has 1 aliphatic carbocycles. The lowest BCUT2D eigenvalue weighted by Crippen LogP contribution is -2.10. The van der Waals surface area contributed by atoms with Crippen molar-refractivity contribution >= 4 is 44.9 Å². The molecule has 4 nitrogen and oxygen atoms in total. The van der Waals surface area contributed by atoms with E-state index in [-0.39, 0.29) is 5.91 Å². The molecule has 1 fully saturated rings. The third-order valence-electron chi connectivity index (χ3n) is 4.64. The first-order valence-electron chi connectivity index (χ1n) is 8.61. The lowest BCUT2D eigenvalue weighted by Gasteiger charge is -2.09.